The molecule has 0 radical (unpaired) electrons. The third-order valence-corrected chi connectivity index (χ3v) is 6.70. The summed E-state index contributed by atoms with van der Waals surface area (Å²) in [7, 11) is 0. The Morgan fingerprint density at radius 1 is 1.15 bits per heavy atom. The SMILES string of the molecule is CCOC(=O)c1cc(N2C(=O)[C@@H]3[C@@H]4C=C[C@@H]([C@@H]5C[C@H]45)[C@@H]3C2=O)ccc1Cl. The number of allylic oxidation sites excluding steroid dienone is 2. The van der Waals surface area contributed by atoms with Gasteiger partial charge in [-0.15, -0.1) is 0 Å². The van der Waals surface area contributed by atoms with Crippen LogP contribution in [0.15, 0.2) is 30.4 Å². The van der Waals surface area contributed by atoms with Crippen LogP contribution in [0.3, 0.4) is 0 Å². The molecule has 1 heterocycles. The van der Waals surface area contributed by atoms with Gasteiger partial charge < -0.3 is 4.74 Å². The van der Waals surface area contributed by atoms with Gasteiger partial charge in [-0.1, -0.05) is 23.8 Å². The van der Waals surface area contributed by atoms with E-state index in [0.29, 0.717) is 17.5 Å². The number of amides is 2. The van der Waals surface area contributed by atoms with Gasteiger partial charge in [0.1, 0.15) is 0 Å². The molecule has 1 aromatic carbocycles. The number of hydrogen-bond acceptors (Lipinski definition) is 4. The van der Waals surface area contributed by atoms with E-state index in [-0.39, 0.29) is 52.7 Å². The monoisotopic (exact) mass is 371 g/mol. The molecule has 1 saturated heterocycles. The Morgan fingerprint density at radius 3 is 2.35 bits per heavy atom. The van der Waals surface area contributed by atoms with Crippen LogP contribution in [-0.2, 0) is 14.3 Å². The summed E-state index contributed by atoms with van der Waals surface area (Å²) in [5.41, 5.74) is 0.570. The molecule has 0 aromatic heterocycles. The van der Waals surface area contributed by atoms with Gasteiger partial charge in [-0.2, -0.15) is 0 Å². The molecule has 5 nitrogen and oxygen atoms in total. The molecular weight excluding hydrogens is 354 g/mol. The lowest BCUT2D eigenvalue weighted by atomic mass is 9.63. The van der Waals surface area contributed by atoms with Crippen molar-refractivity contribution in [1.82, 2.24) is 0 Å². The highest BCUT2D eigenvalue weighted by molar-refractivity contribution is 6.34. The number of ether oxygens (including phenoxy) is 1. The van der Waals surface area contributed by atoms with Crippen molar-refractivity contribution in [3.05, 3.63) is 40.9 Å². The third kappa shape index (κ3) is 2.01. The van der Waals surface area contributed by atoms with Crippen LogP contribution in [0.25, 0.3) is 0 Å². The molecular formula is C20H18ClNO4. The molecule has 0 unspecified atom stereocenters. The van der Waals surface area contributed by atoms with E-state index in [4.69, 9.17) is 16.3 Å². The predicted molar refractivity (Wildman–Crippen MR) is 94.6 cm³/mol. The topological polar surface area (TPSA) is 63.7 Å². The van der Waals surface area contributed by atoms with E-state index >= 15 is 0 Å². The summed E-state index contributed by atoms with van der Waals surface area (Å²) in [4.78, 5) is 39.6. The van der Waals surface area contributed by atoms with Crippen molar-refractivity contribution in [2.45, 2.75) is 13.3 Å². The van der Waals surface area contributed by atoms with Gasteiger partial charge in [0.25, 0.3) is 0 Å². The highest BCUT2D eigenvalue weighted by Gasteiger charge is 2.67. The van der Waals surface area contributed by atoms with E-state index in [0.717, 1.165) is 6.42 Å². The predicted octanol–water partition coefficient (Wildman–Crippen LogP) is 3.07. The zero-order chi connectivity index (χ0) is 18.2. The minimum atomic E-state index is -0.557. The molecule has 3 fully saturated rings. The molecule has 5 aliphatic rings. The number of halogens is 1. The Balaban J connectivity index is 1.52. The number of nitrogens with zero attached hydrogens (tertiary/aromatic N) is 1. The average Bonchev–Trinajstić information content (AvgIpc) is 3.40. The highest BCUT2D eigenvalue weighted by Crippen LogP contribution is 2.65. The lowest BCUT2D eigenvalue weighted by Crippen LogP contribution is -2.40. The van der Waals surface area contributed by atoms with E-state index < -0.39 is 5.97 Å². The summed E-state index contributed by atoms with van der Waals surface area (Å²) in [5, 5.41) is 0.242. The van der Waals surface area contributed by atoms with Crippen LogP contribution in [0.1, 0.15) is 23.7 Å². The number of carbonyl (C=O) groups excluding carboxylic acids is 3. The van der Waals surface area contributed by atoms with Crippen LogP contribution in [0.5, 0.6) is 0 Å². The minimum absolute atomic E-state index is 0.151. The maximum Gasteiger partial charge on any atom is 0.339 e. The second-order valence-corrected chi connectivity index (χ2v) is 7.96. The van der Waals surface area contributed by atoms with Crippen molar-refractivity contribution in [3.63, 3.8) is 0 Å². The van der Waals surface area contributed by atoms with E-state index in [9.17, 15) is 14.4 Å². The van der Waals surface area contributed by atoms with Gasteiger partial charge in [0.05, 0.1) is 34.7 Å². The van der Waals surface area contributed by atoms with Crippen molar-refractivity contribution in [1.29, 1.82) is 0 Å². The summed E-state index contributed by atoms with van der Waals surface area (Å²) in [6.45, 7) is 1.94. The molecule has 2 saturated carbocycles. The first-order chi connectivity index (χ1) is 12.5. The molecule has 1 aliphatic heterocycles. The molecule has 1 aromatic rings. The molecule has 26 heavy (non-hydrogen) atoms. The van der Waals surface area contributed by atoms with Crippen molar-refractivity contribution < 1.29 is 19.1 Å². The standard InChI is InChI=1S/C20H18ClNO4/c1-2-26-20(25)14-7-9(3-6-15(14)21)22-18(23)16-10-4-5-11(13-8-12(10)13)17(16)19(22)24/h3-7,10-13,16-17H,2,8H2,1H3/t10-,11+,12-,13+,16-,17+. The van der Waals surface area contributed by atoms with E-state index in [1.807, 2.05) is 0 Å². The molecule has 2 amide bonds. The summed E-state index contributed by atoms with van der Waals surface area (Å²) < 4.78 is 5.02. The molecule has 4 aliphatic carbocycles. The summed E-state index contributed by atoms with van der Waals surface area (Å²) in [5.74, 6) is 0.0847. The van der Waals surface area contributed by atoms with Gasteiger partial charge in [-0.3, -0.25) is 9.59 Å². The van der Waals surface area contributed by atoms with Crippen LogP contribution >= 0.6 is 11.6 Å². The van der Waals surface area contributed by atoms with Gasteiger partial charge in [0.15, 0.2) is 0 Å². The van der Waals surface area contributed by atoms with Gasteiger partial charge in [0, 0.05) is 0 Å². The Labute approximate surface area is 155 Å². The Bertz CT molecular complexity index is 843. The Hall–Kier alpha value is -2.14. The first-order valence-electron chi connectivity index (χ1n) is 9.05. The van der Waals surface area contributed by atoms with Crippen LogP contribution in [0.2, 0.25) is 5.02 Å². The van der Waals surface area contributed by atoms with Gasteiger partial charge in [0.2, 0.25) is 11.8 Å². The van der Waals surface area contributed by atoms with Gasteiger partial charge >= 0.3 is 5.97 Å². The van der Waals surface area contributed by atoms with Gasteiger partial charge in [-0.25, -0.2) is 9.69 Å². The largest absolute Gasteiger partial charge is 0.462 e. The number of imide groups is 1. The maximum atomic E-state index is 13.1. The first-order valence-corrected chi connectivity index (χ1v) is 9.43. The number of esters is 1. The zero-order valence-corrected chi connectivity index (χ0v) is 15.0. The van der Waals surface area contributed by atoms with Crippen molar-refractivity contribution in [2.75, 3.05) is 11.5 Å². The second kappa shape index (κ2) is 5.43. The number of hydrogen-bond donors (Lipinski definition) is 0. The summed E-state index contributed by atoms with van der Waals surface area (Å²) in [6.07, 6.45) is 5.41. The quantitative estimate of drug-likeness (QED) is 0.465. The summed E-state index contributed by atoms with van der Waals surface area (Å²) in [6, 6.07) is 4.65. The van der Waals surface area contributed by atoms with Crippen molar-refractivity contribution >= 4 is 35.1 Å². The molecule has 6 rings (SSSR count). The first kappa shape index (κ1) is 16.1. The maximum absolute atomic E-state index is 13.1. The fourth-order valence-corrected chi connectivity index (χ4v) is 5.42. The minimum Gasteiger partial charge on any atom is -0.462 e. The zero-order valence-electron chi connectivity index (χ0n) is 14.2. The third-order valence-electron chi connectivity index (χ3n) is 6.37. The Morgan fingerprint density at radius 2 is 1.77 bits per heavy atom. The Kier molecular flexibility index (Phi) is 3.35. The van der Waals surface area contributed by atoms with E-state index in [1.165, 1.54) is 17.0 Å². The van der Waals surface area contributed by atoms with Crippen LogP contribution in [-0.4, -0.2) is 24.4 Å². The molecule has 2 bridgehead atoms. The normalized spacial score (nSPS) is 36.2. The summed E-state index contributed by atoms with van der Waals surface area (Å²) >= 11 is 6.11. The molecule has 0 N–H and O–H groups in total. The van der Waals surface area contributed by atoms with Gasteiger partial charge in [-0.05, 0) is 55.2 Å². The molecule has 6 atom stereocenters. The lowest BCUT2D eigenvalue weighted by Gasteiger charge is -2.37. The number of benzene rings is 1. The highest BCUT2D eigenvalue weighted by atomic mass is 35.5. The number of carbonyl (C=O) groups is 3. The fraction of sp³-hybridized carbons (Fsp3) is 0.450. The number of rotatable bonds is 3. The molecule has 6 heteroatoms. The molecule has 134 valence electrons. The second-order valence-electron chi connectivity index (χ2n) is 7.55. The van der Waals surface area contributed by atoms with Crippen molar-refractivity contribution in [3.8, 4) is 0 Å². The van der Waals surface area contributed by atoms with E-state index in [1.54, 1.807) is 13.0 Å². The average molecular weight is 372 g/mol. The van der Waals surface area contributed by atoms with Crippen LogP contribution in [0, 0.1) is 35.5 Å². The van der Waals surface area contributed by atoms with Crippen LogP contribution < -0.4 is 4.90 Å². The van der Waals surface area contributed by atoms with Crippen molar-refractivity contribution in [2.24, 2.45) is 35.5 Å². The number of anilines is 1. The van der Waals surface area contributed by atoms with Crippen LogP contribution in [0.4, 0.5) is 5.69 Å². The van der Waals surface area contributed by atoms with E-state index in [2.05, 4.69) is 12.2 Å². The fourth-order valence-electron chi connectivity index (χ4n) is 5.23. The lowest BCUT2D eigenvalue weighted by molar-refractivity contribution is -0.124. The molecule has 0 spiro atoms. The smallest absolute Gasteiger partial charge is 0.339 e.